The molecule has 43 heavy (non-hydrogen) atoms. The van der Waals surface area contributed by atoms with E-state index in [-0.39, 0.29) is 17.7 Å². The van der Waals surface area contributed by atoms with Crippen LogP contribution in [-0.4, -0.2) is 42.9 Å². The van der Waals surface area contributed by atoms with Crippen molar-refractivity contribution in [1.82, 2.24) is 0 Å². The summed E-state index contributed by atoms with van der Waals surface area (Å²) in [5.41, 5.74) is -14.6. The number of aliphatic hydroxyl groups is 1. The van der Waals surface area contributed by atoms with E-state index in [0.717, 1.165) is 31.2 Å². The van der Waals surface area contributed by atoms with Crippen molar-refractivity contribution < 1.29 is 65.2 Å². The third-order valence-corrected chi connectivity index (χ3v) is 19.9. The van der Waals surface area contributed by atoms with E-state index in [4.69, 9.17) is 7.45 Å². The van der Waals surface area contributed by atoms with E-state index in [1.54, 1.807) is 0 Å². The van der Waals surface area contributed by atoms with Gasteiger partial charge in [0.2, 0.25) is 0 Å². The van der Waals surface area contributed by atoms with Crippen molar-refractivity contribution in [2.45, 2.75) is 53.6 Å². The Morgan fingerprint density at radius 2 is 0.884 bits per heavy atom. The van der Waals surface area contributed by atoms with E-state index in [1.807, 2.05) is 0 Å². The summed E-state index contributed by atoms with van der Waals surface area (Å²) in [7, 11) is 0. The molecule has 0 amide bonds. The van der Waals surface area contributed by atoms with Crippen molar-refractivity contribution in [2.24, 2.45) is 0 Å². The molecule has 3 aromatic rings. The predicted molar refractivity (Wildman–Crippen MR) is 128 cm³/mol. The number of halogens is 12. The molecule has 0 radical (unpaired) electrons. The molecule has 2 aliphatic rings. The Bertz CT molecular complexity index is 1430. The van der Waals surface area contributed by atoms with Crippen molar-refractivity contribution in [1.29, 1.82) is 0 Å². The van der Waals surface area contributed by atoms with Crippen LogP contribution in [0.2, 0.25) is 4.71 Å². The van der Waals surface area contributed by atoms with E-state index < -0.39 is 79.7 Å². The van der Waals surface area contributed by atoms with Crippen molar-refractivity contribution in [2.75, 3.05) is 0 Å². The van der Waals surface area contributed by atoms with Gasteiger partial charge in [0, 0.05) is 0 Å². The molecule has 2 heterocycles. The topological polar surface area (TPSA) is 38.7 Å². The third-order valence-electron chi connectivity index (χ3n) is 8.05. The molecule has 0 aliphatic carbocycles. The normalized spacial score (nSPS) is 22.7. The van der Waals surface area contributed by atoms with E-state index in [0.29, 0.717) is 24.3 Å². The minimum atomic E-state index is -7.97. The number of hydrogen-bond acceptors (Lipinski definition) is 3. The van der Waals surface area contributed by atoms with Crippen molar-refractivity contribution in [3.8, 4) is 0 Å². The summed E-state index contributed by atoms with van der Waals surface area (Å²) in [6.45, 7) is 0.739. The summed E-state index contributed by atoms with van der Waals surface area (Å²) in [5, 5.41) is 11.4. The quantitative estimate of drug-likeness (QED) is 0.237. The maximum atomic E-state index is 14.8. The minimum absolute atomic E-state index is 0.234. The van der Waals surface area contributed by atoms with Crippen LogP contribution in [0.25, 0.3) is 0 Å². The van der Waals surface area contributed by atoms with Crippen molar-refractivity contribution >= 4 is 21.8 Å². The first kappa shape index (κ1) is 31.7. The van der Waals surface area contributed by atoms with Crippen LogP contribution in [0.4, 0.5) is 52.7 Å². The number of hydrogen-bond donors (Lipinski definition) is 1. The van der Waals surface area contributed by atoms with Gasteiger partial charge in [-0.05, 0) is 0 Å². The van der Waals surface area contributed by atoms with Crippen LogP contribution in [0, 0.1) is 0 Å². The van der Waals surface area contributed by atoms with Gasteiger partial charge in [-0.2, -0.15) is 0 Å². The Morgan fingerprint density at radius 1 is 0.558 bits per heavy atom. The van der Waals surface area contributed by atoms with Crippen LogP contribution in [0.3, 0.4) is 0 Å². The van der Waals surface area contributed by atoms with Gasteiger partial charge in [-0.1, -0.05) is 0 Å². The van der Waals surface area contributed by atoms with Crippen LogP contribution in [-0.2, 0) is 18.7 Å². The second-order valence-corrected chi connectivity index (χ2v) is 19.0. The molecular formula is C27H19AsF12O3. The molecule has 16 heteroatoms. The average Bonchev–Trinajstić information content (AvgIpc) is 3.37. The zero-order valence-corrected chi connectivity index (χ0v) is 23.3. The molecule has 0 saturated carbocycles. The molecule has 5 rings (SSSR count). The Morgan fingerprint density at radius 3 is 1.23 bits per heavy atom. The second kappa shape index (κ2) is 9.15. The molecule has 0 aromatic heterocycles. The van der Waals surface area contributed by atoms with Gasteiger partial charge in [0.15, 0.2) is 0 Å². The number of aliphatic hydroxyl groups excluding tert-OH is 1. The zero-order valence-electron chi connectivity index (χ0n) is 21.4. The fourth-order valence-corrected chi connectivity index (χ4v) is 19.6. The summed E-state index contributed by atoms with van der Waals surface area (Å²) in [6.07, 6.45) is -28.2. The van der Waals surface area contributed by atoms with E-state index in [1.165, 1.54) is 18.2 Å². The molecular weight excluding hydrogens is 675 g/mol. The Kier molecular flexibility index (Phi) is 6.74. The van der Waals surface area contributed by atoms with Gasteiger partial charge in [0.1, 0.15) is 0 Å². The van der Waals surface area contributed by atoms with Gasteiger partial charge in [0.05, 0.1) is 0 Å². The summed E-state index contributed by atoms with van der Waals surface area (Å²) >= 11 is -7.97. The van der Waals surface area contributed by atoms with E-state index >= 15 is 0 Å². The van der Waals surface area contributed by atoms with E-state index in [9.17, 15) is 57.8 Å². The van der Waals surface area contributed by atoms with E-state index in [2.05, 4.69) is 0 Å². The molecule has 0 saturated heterocycles. The van der Waals surface area contributed by atoms with Crippen LogP contribution < -0.4 is 8.70 Å². The molecule has 3 nitrogen and oxygen atoms in total. The summed E-state index contributed by atoms with van der Waals surface area (Å²) in [5.74, 6) is 0. The first-order valence-electron chi connectivity index (χ1n) is 12.3. The molecule has 3 aromatic carbocycles. The molecule has 2 aliphatic heterocycles. The summed E-state index contributed by atoms with van der Waals surface area (Å²) < 4.78 is 183. The first-order chi connectivity index (χ1) is 19.6. The molecule has 2 atom stereocenters. The number of benzene rings is 3. The van der Waals surface area contributed by atoms with Crippen molar-refractivity contribution in [3.63, 3.8) is 0 Å². The molecule has 234 valence electrons. The Labute approximate surface area is 236 Å². The molecule has 0 unspecified atom stereocenters. The van der Waals surface area contributed by atoms with Gasteiger partial charge in [-0.25, -0.2) is 0 Å². The van der Waals surface area contributed by atoms with Gasteiger partial charge in [-0.15, -0.1) is 0 Å². The fraction of sp³-hybridized carbons (Fsp3) is 0.333. The zero-order chi connectivity index (χ0) is 32.1. The molecule has 1 N–H and O–H groups in total. The van der Waals surface area contributed by atoms with Crippen LogP contribution in [0.1, 0.15) is 29.7 Å². The predicted octanol–water partition coefficient (Wildman–Crippen LogP) is 7.02. The number of fused-ring (bicyclic) bond motifs is 4. The summed E-state index contributed by atoms with van der Waals surface area (Å²) in [4.78, 5) is 0. The Hall–Kier alpha value is -2.74. The fourth-order valence-electron chi connectivity index (χ4n) is 6.20. The SMILES string of the molecule is C[C@H]([C@H](O)c1ccccc1)[As]12(OC(C(F)(F)F)(C(F)(F)F)c3ccccc31)OC(C(F)(F)F)(C(F)(F)F)c1ccccc12. The number of rotatable bonds is 3. The number of alkyl halides is 12. The van der Waals surface area contributed by atoms with Crippen LogP contribution in [0.5, 0.6) is 0 Å². The molecule has 0 fully saturated rings. The van der Waals surface area contributed by atoms with Gasteiger partial charge >= 0.3 is 236 Å². The second-order valence-electron chi connectivity index (χ2n) is 10.2. The van der Waals surface area contributed by atoms with Crippen molar-refractivity contribution in [3.05, 3.63) is 95.6 Å². The van der Waals surface area contributed by atoms with Crippen LogP contribution >= 0.6 is 0 Å². The third kappa shape index (κ3) is 3.71. The molecule has 0 bridgehead atoms. The Balaban J connectivity index is 2.06. The van der Waals surface area contributed by atoms with Gasteiger partial charge < -0.3 is 0 Å². The van der Waals surface area contributed by atoms with Crippen LogP contribution in [0.15, 0.2) is 78.9 Å². The van der Waals surface area contributed by atoms with Gasteiger partial charge in [-0.3, -0.25) is 0 Å². The van der Waals surface area contributed by atoms with Gasteiger partial charge in [0.25, 0.3) is 0 Å². The molecule has 1 spiro atoms. The summed E-state index contributed by atoms with van der Waals surface area (Å²) in [6, 6.07) is 11.1. The first-order valence-corrected chi connectivity index (χ1v) is 16.8. The maximum absolute atomic E-state index is 14.8. The monoisotopic (exact) mass is 694 g/mol. The standard InChI is InChI=1S/C27H19AsF12O3/c1-15(21(41)16-9-3-2-4-10-16)28(19-13-7-5-11-17(19)22(42-28,24(29,30)31)25(32,33)34)20-14-8-6-12-18(20)23(43-28,26(35,36)37)27(38,39)40/h2-15,21,41H,1H3/t15-,21+/m1/s1. The average molecular weight is 694 g/mol.